The number of carbonyl (C=O) groups excluding carboxylic acids is 1. The number of aromatic nitrogens is 1. The van der Waals surface area contributed by atoms with Crippen molar-refractivity contribution in [1.29, 1.82) is 5.26 Å². The molecule has 2 aliphatic heterocycles. The minimum Gasteiger partial charge on any atom is -0.376 e. The van der Waals surface area contributed by atoms with Gasteiger partial charge in [-0.05, 0) is 56.0 Å². The van der Waals surface area contributed by atoms with E-state index in [1.165, 1.54) is 31.4 Å². The SMILES string of the molecule is C[C@@H]1CN(c2nc(C3CCCCC3)c3c(c2C#N)CCOC3)CCN1C(=O)Nc1ccc(F)cc1. The van der Waals surface area contributed by atoms with Crippen molar-refractivity contribution in [1.82, 2.24) is 9.88 Å². The molecule has 2 amide bonds. The molecule has 3 heterocycles. The van der Waals surface area contributed by atoms with E-state index >= 15 is 0 Å². The molecule has 2 aromatic rings. The number of anilines is 2. The lowest BCUT2D eigenvalue weighted by Gasteiger charge is -2.41. The van der Waals surface area contributed by atoms with Crippen molar-refractivity contribution >= 4 is 17.5 Å². The van der Waals surface area contributed by atoms with E-state index in [2.05, 4.69) is 16.3 Å². The van der Waals surface area contributed by atoms with E-state index in [0.717, 1.165) is 41.9 Å². The summed E-state index contributed by atoms with van der Waals surface area (Å²) in [6, 6.07) is 7.95. The number of nitriles is 1. The molecule has 3 aliphatic rings. The zero-order valence-electron chi connectivity index (χ0n) is 20.2. The predicted octanol–water partition coefficient (Wildman–Crippen LogP) is 4.96. The fraction of sp³-hybridized carbons (Fsp3) is 0.519. The van der Waals surface area contributed by atoms with Gasteiger partial charge in [0.25, 0.3) is 0 Å². The summed E-state index contributed by atoms with van der Waals surface area (Å²) in [5, 5.41) is 13.0. The van der Waals surface area contributed by atoms with E-state index in [1.54, 1.807) is 17.0 Å². The second kappa shape index (κ2) is 10.2. The van der Waals surface area contributed by atoms with Crippen molar-refractivity contribution in [2.75, 3.05) is 36.5 Å². The highest BCUT2D eigenvalue weighted by molar-refractivity contribution is 5.89. The molecule has 1 saturated carbocycles. The molecule has 7 nitrogen and oxygen atoms in total. The van der Waals surface area contributed by atoms with Crippen LogP contribution in [-0.4, -0.2) is 48.2 Å². The average Bonchev–Trinajstić information content (AvgIpc) is 2.89. The molecule has 1 atom stereocenters. The smallest absolute Gasteiger partial charge is 0.322 e. The molecule has 0 spiro atoms. The highest BCUT2D eigenvalue weighted by Gasteiger charge is 2.33. The van der Waals surface area contributed by atoms with Crippen LogP contribution in [0.1, 0.15) is 67.3 Å². The molecule has 0 radical (unpaired) electrons. The van der Waals surface area contributed by atoms with E-state index < -0.39 is 0 Å². The van der Waals surface area contributed by atoms with Gasteiger partial charge in [0.15, 0.2) is 0 Å². The third-order valence-corrected chi connectivity index (χ3v) is 7.56. The van der Waals surface area contributed by atoms with Crippen molar-refractivity contribution in [3.63, 3.8) is 0 Å². The molecule has 1 saturated heterocycles. The first-order valence-electron chi connectivity index (χ1n) is 12.7. The van der Waals surface area contributed by atoms with Gasteiger partial charge in [0, 0.05) is 42.8 Å². The number of nitrogens with zero attached hydrogens (tertiary/aromatic N) is 4. The number of benzene rings is 1. The Labute approximate surface area is 205 Å². The van der Waals surface area contributed by atoms with Gasteiger partial charge >= 0.3 is 6.03 Å². The largest absolute Gasteiger partial charge is 0.376 e. The summed E-state index contributed by atoms with van der Waals surface area (Å²) < 4.78 is 19.0. The molecule has 184 valence electrons. The zero-order chi connectivity index (χ0) is 24.4. The highest BCUT2D eigenvalue weighted by atomic mass is 19.1. The molecule has 0 bridgehead atoms. The van der Waals surface area contributed by atoms with Crippen LogP contribution in [0.3, 0.4) is 0 Å². The number of pyridine rings is 1. The van der Waals surface area contributed by atoms with Crippen LogP contribution in [0.2, 0.25) is 0 Å². The van der Waals surface area contributed by atoms with Crippen molar-refractivity contribution < 1.29 is 13.9 Å². The number of urea groups is 1. The van der Waals surface area contributed by atoms with Crippen LogP contribution in [0, 0.1) is 17.1 Å². The maximum absolute atomic E-state index is 13.2. The monoisotopic (exact) mass is 477 g/mol. The number of piperazine rings is 1. The van der Waals surface area contributed by atoms with Gasteiger partial charge in [-0.25, -0.2) is 14.2 Å². The molecular weight excluding hydrogens is 445 g/mol. The van der Waals surface area contributed by atoms with Gasteiger partial charge < -0.3 is 19.9 Å². The summed E-state index contributed by atoms with van der Waals surface area (Å²) in [5.74, 6) is 0.847. The van der Waals surface area contributed by atoms with E-state index in [9.17, 15) is 14.4 Å². The molecule has 2 fully saturated rings. The molecular formula is C27H32FN5O2. The van der Waals surface area contributed by atoms with Gasteiger partial charge in [0.1, 0.15) is 17.7 Å². The maximum atomic E-state index is 13.2. The van der Waals surface area contributed by atoms with Gasteiger partial charge in [0.05, 0.1) is 24.5 Å². The number of carbonyl (C=O) groups is 1. The Hall–Kier alpha value is -3.18. The van der Waals surface area contributed by atoms with Gasteiger partial charge in [-0.3, -0.25) is 0 Å². The van der Waals surface area contributed by atoms with Crippen molar-refractivity contribution in [3.05, 3.63) is 52.5 Å². The Morgan fingerprint density at radius 2 is 1.94 bits per heavy atom. The van der Waals surface area contributed by atoms with E-state index in [-0.39, 0.29) is 17.9 Å². The molecule has 0 unspecified atom stereocenters. The Morgan fingerprint density at radius 3 is 2.66 bits per heavy atom. The highest BCUT2D eigenvalue weighted by Crippen LogP contribution is 2.39. The fourth-order valence-corrected chi connectivity index (χ4v) is 5.70. The summed E-state index contributed by atoms with van der Waals surface area (Å²) in [4.78, 5) is 22.0. The quantitative estimate of drug-likeness (QED) is 0.676. The van der Waals surface area contributed by atoms with E-state index in [0.29, 0.717) is 50.0 Å². The topological polar surface area (TPSA) is 81.5 Å². The number of amides is 2. The lowest BCUT2D eigenvalue weighted by Crippen LogP contribution is -2.55. The molecule has 1 aromatic heterocycles. The lowest BCUT2D eigenvalue weighted by atomic mass is 9.82. The van der Waals surface area contributed by atoms with Crippen molar-refractivity contribution in [2.24, 2.45) is 0 Å². The average molecular weight is 478 g/mol. The second-order valence-electron chi connectivity index (χ2n) is 9.83. The first-order chi connectivity index (χ1) is 17.0. The summed E-state index contributed by atoms with van der Waals surface area (Å²) in [6.07, 6.45) is 6.73. The first-order valence-corrected chi connectivity index (χ1v) is 12.7. The second-order valence-corrected chi connectivity index (χ2v) is 9.83. The first kappa shape index (κ1) is 23.6. The van der Waals surface area contributed by atoms with Gasteiger partial charge in [-0.1, -0.05) is 19.3 Å². The van der Waals surface area contributed by atoms with Crippen LogP contribution in [0.15, 0.2) is 24.3 Å². The molecule has 1 aromatic carbocycles. The zero-order valence-corrected chi connectivity index (χ0v) is 20.2. The van der Waals surface area contributed by atoms with Gasteiger partial charge in [-0.2, -0.15) is 5.26 Å². The van der Waals surface area contributed by atoms with Gasteiger partial charge in [-0.15, -0.1) is 0 Å². The number of fused-ring (bicyclic) bond motifs is 1. The van der Waals surface area contributed by atoms with Crippen LogP contribution in [-0.2, 0) is 17.8 Å². The molecule has 5 rings (SSSR count). The number of halogens is 1. The lowest BCUT2D eigenvalue weighted by molar-refractivity contribution is 0.109. The Bertz CT molecular complexity index is 1120. The van der Waals surface area contributed by atoms with Crippen LogP contribution in [0.4, 0.5) is 20.7 Å². The molecule has 1 aliphatic carbocycles. The van der Waals surface area contributed by atoms with Crippen LogP contribution >= 0.6 is 0 Å². The number of rotatable bonds is 3. The van der Waals surface area contributed by atoms with Crippen LogP contribution in [0.5, 0.6) is 0 Å². The maximum Gasteiger partial charge on any atom is 0.322 e. The van der Waals surface area contributed by atoms with Crippen LogP contribution in [0.25, 0.3) is 0 Å². The van der Waals surface area contributed by atoms with E-state index in [1.807, 2.05) is 6.92 Å². The molecule has 35 heavy (non-hydrogen) atoms. The minimum atomic E-state index is -0.338. The predicted molar refractivity (Wildman–Crippen MR) is 132 cm³/mol. The Morgan fingerprint density at radius 1 is 1.17 bits per heavy atom. The molecule has 8 heteroatoms. The van der Waals surface area contributed by atoms with Crippen LogP contribution < -0.4 is 10.2 Å². The number of hydrogen-bond acceptors (Lipinski definition) is 5. The number of hydrogen-bond donors (Lipinski definition) is 1. The Kier molecular flexibility index (Phi) is 6.87. The van der Waals surface area contributed by atoms with Gasteiger partial charge in [0.2, 0.25) is 0 Å². The number of ether oxygens (including phenoxy) is 1. The summed E-state index contributed by atoms with van der Waals surface area (Å²) in [7, 11) is 0. The summed E-state index contributed by atoms with van der Waals surface area (Å²) >= 11 is 0. The minimum absolute atomic E-state index is 0.0740. The fourth-order valence-electron chi connectivity index (χ4n) is 5.70. The summed E-state index contributed by atoms with van der Waals surface area (Å²) in [5.41, 5.74) is 4.59. The summed E-state index contributed by atoms with van der Waals surface area (Å²) in [6.45, 7) is 4.89. The van der Waals surface area contributed by atoms with E-state index in [4.69, 9.17) is 9.72 Å². The normalized spacial score (nSPS) is 20.8. The third kappa shape index (κ3) is 4.83. The Balaban J connectivity index is 1.38. The standard InChI is InChI=1S/C27H32FN5O2/c1-18-16-32(12-13-33(18)27(34)30-21-9-7-20(28)8-10-21)26-23(15-29)22-11-14-35-17-24(22)25(31-26)19-5-3-2-4-6-19/h7-10,18-19H,2-6,11-14,16-17H2,1H3,(H,30,34)/t18-/m1/s1. The number of nitrogens with one attached hydrogen (secondary N) is 1. The van der Waals surface area contributed by atoms with Crippen molar-refractivity contribution in [2.45, 2.75) is 64.0 Å². The third-order valence-electron chi connectivity index (χ3n) is 7.56. The molecule has 1 N–H and O–H groups in total. The van der Waals surface area contributed by atoms with Crippen molar-refractivity contribution in [3.8, 4) is 6.07 Å².